The highest BCUT2D eigenvalue weighted by Crippen LogP contribution is 2.47. The lowest BCUT2D eigenvalue weighted by Gasteiger charge is -2.21. The molecule has 0 aliphatic rings. The van der Waals surface area contributed by atoms with E-state index in [1.54, 1.807) is 28.8 Å². The summed E-state index contributed by atoms with van der Waals surface area (Å²) in [7, 11) is 0. The summed E-state index contributed by atoms with van der Waals surface area (Å²) in [6.07, 6.45) is -4.82. The molecule has 15 aromatic rings. The molecule has 0 N–H and O–H groups in total. The zero-order valence-electron chi connectivity index (χ0n) is 45.1. The van der Waals surface area contributed by atoms with Crippen LogP contribution in [0.4, 0.5) is 13.2 Å². The maximum Gasteiger partial charge on any atom is 0.419 e. The molecule has 0 aliphatic heterocycles. The first kappa shape index (κ1) is 50.0. The summed E-state index contributed by atoms with van der Waals surface area (Å²) >= 11 is 0. The lowest BCUT2D eigenvalue weighted by molar-refractivity contribution is -0.136. The predicted octanol–water partition coefficient (Wildman–Crippen LogP) is 20.4. The number of hydrogen-bond donors (Lipinski definition) is 0. The molecule has 0 amide bonds. The van der Waals surface area contributed by atoms with Crippen molar-refractivity contribution in [3.63, 3.8) is 0 Å². The quantitative estimate of drug-likeness (QED) is 0.137. The molecule has 12 aromatic carbocycles. The highest BCUT2D eigenvalue weighted by Gasteiger charge is 2.38. The Morgan fingerprint density at radius 3 is 0.917 bits per heavy atom. The summed E-state index contributed by atoms with van der Waals surface area (Å²) in [5.41, 5.74) is 13.6. The molecule has 0 saturated heterocycles. The third kappa shape index (κ3) is 8.89. The highest BCUT2D eigenvalue weighted by atomic mass is 19.4. The van der Waals surface area contributed by atoms with Gasteiger partial charge in [0.25, 0.3) is 0 Å². The molecule has 398 valence electrons. The van der Waals surface area contributed by atoms with Crippen molar-refractivity contribution in [1.82, 2.24) is 24.1 Å². The molecule has 0 unspecified atom stereocenters. The molecule has 0 radical (unpaired) electrons. The van der Waals surface area contributed by atoms with Gasteiger partial charge in [0.1, 0.15) is 0 Å². The molecule has 3 heterocycles. The van der Waals surface area contributed by atoms with E-state index in [4.69, 9.17) is 15.0 Å². The van der Waals surface area contributed by atoms with E-state index in [2.05, 4.69) is 102 Å². The molecular weight excluding hydrogens is 1040 g/mol. The van der Waals surface area contributed by atoms with E-state index in [0.29, 0.717) is 45.3 Å². The van der Waals surface area contributed by atoms with E-state index in [-0.39, 0.29) is 11.3 Å². The molecule has 0 fully saturated rings. The smallest absolute Gasteiger partial charge is 0.309 e. The topological polar surface area (TPSA) is 48.5 Å². The molecular formula is C76H48F3N5. The van der Waals surface area contributed by atoms with Crippen molar-refractivity contribution in [3.05, 3.63) is 297 Å². The van der Waals surface area contributed by atoms with Crippen molar-refractivity contribution in [2.24, 2.45) is 0 Å². The number of benzene rings is 12. The normalized spacial score (nSPS) is 11.8. The van der Waals surface area contributed by atoms with Gasteiger partial charge in [-0.25, -0.2) is 15.0 Å². The van der Waals surface area contributed by atoms with Gasteiger partial charge in [0.05, 0.1) is 39.0 Å². The predicted molar refractivity (Wildman–Crippen MR) is 337 cm³/mol. The van der Waals surface area contributed by atoms with E-state index in [9.17, 15) is 0 Å². The Bertz CT molecular complexity index is 4710. The zero-order chi connectivity index (χ0) is 56.3. The molecule has 8 heteroatoms. The molecule has 0 atom stereocenters. The highest BCUT2D eigenvalue weighted by molar-refractivity contribution is 6.13. The monoisotopic (exact) mass is 1090 g/mol. The third-order valence-corrected chi connectivity index (χ3v) is 16.0. The van der Waals surface area contributed by atoms with E-state index in [1.165, 1.54) is 0 Å². The summed E-state index contributed by atoms with van der Waals surface area (Å²) in [6.45, 7) is 0. The fourth-order valence-electron chi connectivity index (χ4n) is 12.1. The first-order valence-corrected chi connectivity index (χ1v) is 27.9. The van der Waals surface area contributed by atoms with Gasteiger partial charge in [0.15, 0.2) is 17.5 Å². The SMILES string of the molecule is FC(F)(F)c1c(-c2ccc(-c3nc(-c4ccccc4)nc(-c4ccccc4)n3)c(-n3c4ccc(-c5ccccc5)cc4c4cc(-c5ccccc5)ccc43)c2)cccc1-n1c2ccc(-c3ccccc3)cc2c2cc(-c3ccccc3)ccc21. The summed E-state index contributed by atoms with van der Waals surface area (Å²) in [4.78, 5) is 15.5. The second-order valence-electron chi connectivity index (χ2n) is 21.0. The van der Waals surface area contributed by atoms with Crippen molar-refractivity contribution < 1.29 is 13.2 Å². The van der Waals surface area contributed by atoms with E-state index in [1.807, 2.05) is 170 Å². The largest absolute Gasteiger partial charge is 0.419 e. The maximum absolute atomic E-state index is 16.8. The number of aromatic nitrogens is 5. The summed E-state index contributed by atoms with van der Waals surface area (Å²) in [5, 5.41) is 3.63. The van der Waals surface area contributed by atoms with Gasteiger partial charge in [-0.15, -0.1) is 0 Å². The van der Waals surface area contributed by atoms with Gasteiger partial charge in [-0.1, -0.05) is 224 Å². The molecule has 3 aromatic heterocycles. The van der Waals surface area contributed by atoms with Gasteiger partial charge >= 0.3 is 6.18 Å². The van der Waals surface area contributed by atoms with E-state index in [0.717, 1.165) is 88.2 Å². The van der Waals surface area contributed by atoms with Crippen molar-refractivity contribution >= 4 is 43.6 Å². The van der Waals surface area contributed by atoms with Gasteiger partial charge in [-0.05, 0) is 122 Å². The first-order valence-electron chi connectivity index (χ1n) is 27.9. The van der Waals surface area contributed by atoms with Crippen LogP contribution in [0.2, 0.25) is 0 Å². The molecule has 84 heavy (non-hydrogen) atoms. The van der Waals surface area contributed by atoms with Crippen molar-refractivity contribution in [1.29, 1.82) is 0 Å². The van der Waals surface area contributed by atoms with Crippen LogP contribution in [0.15, 0.2) is 291 Å². The van der Waals surface area contributed by atoms with E-state index < -0.39 is 11.7 Å². The minimum Gasteiger partial charge on any atom is -0.309 e. The van der Waals surface area contributed by atoms with Crippen LogP contribution >= 0.6 is 0 Å². The summed E-state index contributed by atoms with van der Waals surface area (Å²) in [6, 6.07) is 95.7. The lowest BCUT2D eigenvalue weighted by Crippen LogP contribution is -2.13. The minimum absolute atomic E-state index is 0.0155. The zero-order valence-corrected chi connectivity index (χ0v) is 45.1. The number of fused-ring (bicyclic) bond motifs is 6. The average molecular weight is 1090 g/mol. The summed E-state index contributed by atoms with van der Waals surface area (Å²) in [5.74, 6) is 1.28. The Kier molecular flexibility index (Phi) is 12.2. The van der Waals surface area contributed by atoms with Crippen LogP contribution in [0.25, 0.3) is 145 Å². The van der Waals surface area contributed by atoms with Crippen molar-refractivity contribution in [2.75, 3.05) is 0 Å². The number of alkyl halides is 3. The van der Waals surface area contributed by atoms with Crippen LogP contribution in [0.1, 0.15) is 5.56 Å². The molecule has 0 aliphatic carbocycles. The third-order valence-electron chi connectivity index (χ3n) is 16.0. The van der Waals surface area contributed by atoms with Crippen molar-refractivity contribution in [2.45, 2.75) is 6.18 Å². The Balaban J connectivity index is 1.01. The second-order valence-corrected chi connectivity index (χ2v) is 21.0. The molecule has 0 spiro atoms. The Labute approximate surface area is 482 Å². The van der Waals surface area contributed by atoms with Crippen LogP contribution in [-0.4, -0.2) is 24.1 Å². The van der Waals surface area contributed by atoms with Crippen LogP contribution in [-0.2, 0) is 6.18 Å². The Morgan fingerprint density at radius 2 is 0.560 bits per heavy atom. The number of hydrogen-bond acceptors (Lipinski definition) is 3. The Hall–Kier alpha value is -11.0. The van der Waals surface area contributed by atoms with Gasteiger partial charge in [-0.3, -0.25) is 0 Å². The van der Waals surface area contributed by atoms with E-state index >= 15 is 13.2 Å². The van der Waals surface area contributed by atoms with Gasteiger partial charge in [0.2, 0.25) is 0 Å². The fourth-order valence-corrected chi connectivity index (χ4v) is 12.1. The molecule has 0 saturated carbocycles. The molecule has 0 bridgehead atoms. The van der Waals surface area contributed by atoms with Crippen LogP contribution in [0.3, 0.4) is 0 Å². The van der Waals surface area contributed by atoms with Crippen LogP contribution in [0, 0.1) is 0 Å². The lowest BCUT2D eigenvalue weighted by atomic mass is 9.95. The Morgan fingerprint density at radius 1 is 0.238 bits per heavy atom. The second kappa shape index (κ2) is 20.5. The summed E-state index contributed by atoms with van der Waals surface area (Å²) < 4.78 is 54.4. The standard InChI is InChI=1S/C76H48F3N5/c77-76(78,79)72-60(32-19-33-70(72)83-66-40-35-55(49-20-7-1-8-21-49)44-62(66)63-45-56(36-41-67(63)83)50-22-9-2-10-23-50)59-34-39-61(75-81-73(53-28-15-5-16-29-53)80-74(82-75)54-30-17-6-18-31-54)71(48-59)84-68-42-37-57(51-24-11-3-12-25-51)46-64(68)65-47-58(38-43-69(65)84)52-26-13-4-14-27-52/h1-48H. The fraction of sp³-hybridized carbons (Fsp3) is 0.0132. The van der Waals surface area contributed by atoms with Crippen LogP contribution in [0.5, 0.6) is 0 Å². The van der Waals surface area contributed by atoms with Gasteiger partial charge < -0.3 is 9.13 Å². The average Bonchev–Trinajstić information content (AvgIpc) is 3.98. The van der Waals surface area contributed by atoms with Gasteiger partial charge in [-0.2, -0.15) is 13.2 Å². The molecule has 15 rings (SSSR count). The first-order chi connectivity index (χ1) is 41.3. The molecule has 5 nitrogen and oxygen atoms in total. The maximum atomic E-state index is 16.8. The van der Waals surface area contributed by atoms with Crippen molar-refractivity contribution in [3.8, 4) is 101 Å². The van der Waals surface area contributed by atoms with Crippen LogP contribution < -0.4 is 0 Å². The number of nitrogens with zero attached hydrogens (tertiary/aromatic N) is 5. The number of rotatable bonds is 10. The minimum atomic E-state index is -4.82. The van der Waals surface area contributed by atoms with Gasteiger partial charge in [0, 0.05) is 38.2 Å². The number of halogens is 3.